The number of nitrogens with one attached hydrogen (secondary N) is 1. The molecule has 0 unspecified atom stereocenters. The SMILES string of the molecule is CCOc1ccc(CCNC(=O)c2cc(Br)ccc2F)cc1OCC. The molecule has 0 heterocycles. The predicted molar refractivity (Wildman–Crippen MR) is 98.9 cm³/mol. The molecule has 134 valence electrons. The van der Waals surface area contributed by atoms with Crippen molar-refractivity contribution in [2.24, 2.45) is 0 Å². The third-order valence-electron chi connectivity index (χ3n) is 3.48. The molecule has 0 aromatic heterocycles. The molecular formula is C19H21BrFNO3. The summed E-state index contributed by atoms with van der Waals surface area (Å²) in [5.41, 5.74) is 1.03. The molecule has 0 bridgehead atoms. The van der Waals surface area contributed by atoms with Crippen molar-refractivity contribution < 1.29 is 18.7 Å². The van der Waals surface area contributed by atoms with Gasteiger partial charge in [0.15, 0.2) is 11.5 Å². The van der Waals surface area contributed by atoms with Gasteiger partial charge in [-0.25, -0.2) is 4.39 Å². The first kappa shape index (κ1) is 19.2. The van der Waals surface area contributed by atoms with Crippen LogP contribution in [0.4, 0.5) is 4.39 Å². The van der Waals surface area contributed by atoms with E-state index in [2.05, 4.69) is 21.2 Å². The molecule has 0 saturated carbocycles. The molecule has 0 aliphatic rings. The molecule has 2 rings (SSSR count). The third kappa shape index (κ3) is 5.46. The van der Waals surface area contributed by atoms with Gasteiger partial charge < -0.3 is 14.8 Å². The Labute approximate surface area is 155 Å². The normalized spacial score (nSPS) is 10.4. The van der Waals surface area contributed by atoms with Gasteiger partial charge in [0.2, 0.25) is 0 Å². The zero-order chi connectivity index (χ0) is 18.2. The zero-order valence-corrected chi connectivity index (χ0v) is 15.9. The highest BCUT2D eigenvalue weighted by Crippen LogP contribution is 2.28. The van der Waals surface area contributed by atoms with Crippen LogP contribution in [0.2, 0.25) is 0 Å². The van der Waals surface area contributed by atoms with Crippen molar-refractivity contribution >= 4 is 21.8 Å². The van der Waals surface area contributed by atoms with Crippen molar-refractivity contribution in [3.05, 3.63) is 57.8 Å². The van der Waals surface area contributed by atoms with Crippen molar-refractivity contribution in [1.82, 2.24) is 5.32 Å². The van der Waals surface area contributed by atoms with Gasteiger partial charge in [0, 0.05) is 11.0 Å². The summed E-state index contributed by atoms with van der Waals surface area (Å²) in [6.45, 7) is 5.33. The topological polar surface area (TPSA) is 47.6 Å². The first-order valence-electron chi connectivity index (χ1n) is 8.17. The Morgan fingerprint density at radius 3 is 2.52 bits per heavy atom. The lowest BCUT2D eigenvalue weighted by molar-refractivity contribution is 0.0950. The Balaban J connectivity index is 1.98. The van der Waals surface area contributed by atoms with Crippen LogP contribution in [0.5, 0.6) is 11.5 Å². The van der Waals surface area contributed by atoms with Crippen LogP contribution in [0.1, 0.15) is 29.8 Å². The van der Waals surface area contributed by atoms with E-state index < -0.39 is 11.7 Å². The van der Waals surface area contributed by atoms with Gasteiger partial charge in [-0.1, -0.05) is 22.0 Å². The van der Waals surface area contributed by atoms with E-state index in [0.717, 1.165) is 5.56 Å². The lowest BCUT2D eigenvalue weighted by atomic mass is 10.1. The summed E-state index contributed by atoms with van der Waals surface area (Å²) in [5.74, 6) is 0.412. The lowest BCUT2D eigenvalue weighted by Crippen LogP contribution is -2.26. The molecular weight excluding hydrogens is 389 g/mol. The molecule has 0 aliphatic heterocycles. The van der Waals surface area contributed by atoms with E-state index in [-0.39, 0.29) is 5.56 Å². The average molecular weight is 410 g/mol. The highest BCUT2D eigenvalue weighted by atomic mass is 79.9. The maximum absolute atomic E-state index is 13.7. The van der Waals surface area contributed by atoms with Gasteiger partial charge in [0.25, 0.3) is 5.91 Å². The fraction of sp³-hybridized carbons (Fsp3) is 0.316. The standard InChI is InChI=1S/C19H21BrFNO3/c1-3-24-17-8-5-13(11-18(17)25-4-2)9-10-22-19(23)15-12-14(20)6-7-16(15)21/h5-8,11-12H,3-4,9-10H2,1-2H3,(H,22,23). The van der Waals surface area contributed by atoms with Crippen molar-refractivity contribution in [3.8, 4) is 11.5 Å². The molecule has 6 heteroatoms. The Morgan fingerprint density at radius 1 is 1.08 bits per heavy atom. The lowest BCUT2D eigenvalue weighted by Gasteiger charge is -2.13. The minimum atomic E-state index is -0.541. The molecule has 0 fully saturated rings. The molecule has 0 aliphatic carbocycles. The molecule has 0 spiro atoms. The van der Waals surface area contributed by atoms with Crippen LogP contribution in [-0.4, -0.2) is 25.7 Å². The highest BCUT2D eigenvalue weighted by Gasteiger charge is 2.12. The molecule has 4 nitrogen and oxygen atoms in total. The van der Waals surface area contributed by atoms with E-state index in [1.54, 1.807) is 6.07 Å². The van der Waals surface area contributed by atoms with Gasteiger partial charge in [0.05, 0.1) is 18.8 Å². The van der Waals surface area contributed by atoms with Crippen LogP contribution in [0, 0.1) is 5.82 Å². The van der Waals surface area contributed by atoms with Gasteiger partial charge in [-0.2, -0.15) is 0 Å². The molecule has 1 amide bonds. The molecule has 25 heavy (non-hydrogen) atoms. The largest absolute Gasteiger partial charge is 0.490 e. The summed E-state index contributed by atoms with van der Waals surface area (Å²) in [5, 5.41) is 2.73. The zero-order valence-electron chi connectivity index (χ0n) is 14.3. The van der Waals surface area contributed by atoms with Gasteiger partial charge in [-0.15, -0.1) is 0 Å². The molecule has 2 aromatic carbocycles. The van der Waals surface area contributed by atoms with E-state index in [4.69, 9.17) is 9.47 Å². The second-order valence-corrected chi connectivity index (χ2v) is 6.19. The van der Waals surface area contributed by atoms with E-state index in [1.165, 1.54) is 12.1 Å². The van der Waals surface area contributed by atoms with Crippen LogP contribution >= 0.6 is 15.9 Å². The molecule has 0 saturated heterocycles. The smallest absolute Gasteiger partial charge is 0.254 e. The minimum absolute atomic E-state index is 0.0241. The molecule has 0 radical (unpaired) electrons. The molecule has 0 atom stereocenters. The van der Waals surface area contributed by atoms with E-state index in [1.807, 2.05) is 32.0 Å². The molecule has 2 aromatic rings. The van der Waals surface area contributed by atoms with Crippen molar-refractivity contribution in [1.29, 1.82) is 0 Å². The number of amides is 1. The van der Waals surface area contributed by atoms with Crippen LogP contribution in [-0.2, 0) is 6.42 Å². The van der Waals surface area contributed by atoms with Gasteiger partial charge in [-0.3, -0.25) is 4.79 Å². The summed E-state index contributed by atoms with van der Waals surface area (Å²) < 4.78 is 25.5. The molecule has 1 N–H and O–H groups in total. The number of carbonyl (C=O) groups is 1. The van der Waals surface area contributed by atoms with Crippen LogP contribution < -0.4 is 14.8 Å². The second-order valence-electron chi connectivity index (χ2n) is 5.28. The quantitative estimate of drug-likeness (QED) is 0.704. The Morgan fingerprint density at radius 2 is 1.80 bits per heavy atom. The van der Waals surface area contributed by atoms with E-state index >= 15 is 0 Å². The van der Waals surface area contributed by atoms with Crippen molar-refractivity contribution in [2.75, 3.05) is 19.8 Å². The maximum Gasteiger partial charge on any atom is 0.254 e. The Hall–Kier alpha value is -2.08. The van der Waals surface area contributed by atoms with Crippen LogP contribution in [0.25, 0.3) is 0 Å². The van der Waals surface area contributed by atoms with E-state index in [0.29, 0.717) is 42.2 Å². The summed E-state index contributed by atoms with van der Waals surface area (Å²) in [4.78, 5) is 12.1. The number of rotatable bonds is 8. The number of benzene rings is 2. The van der Waals surface area contributed by atoms with Crippen LogP contribution in [0.3, 0.4) is 0 Å². The predicted octanol–water partition coefficient (Wildman–Crippen LogP) is 4.36. The van der Waals surface area contributed by atoms with E-state index in [9.17, 15) is 9.18 Å². The van der Waals surface area contributed by atoms with Crippen LogP contribution in [0.15, 0.2) is 40.9 Å². The second kappa shape index (κ2) is 9.42. The summed E-state index contributed by atoms with van der Waals surface area (Å²) in [6.07, 6.45) is 0.605. The monoisotopic (exact) mass is 409 g/mol. The fourth-order valence-corrected chi connectivity index (χ4v) is 2.70. The summed E-state index contributed by atoms with van der Waals surface area (Å²) in [7, 11) is 0. The number of hydrogen-bond acceptors (Lipinski definition) is 3. The highest BCUT2D eigenvalue weighted by molar-refractivity contribution is 9.10. The Bertz CT molecular complexity index is 737. The number of ether oxygens (including phenoxy) is 2. The first-order chi connectivity index (χ1) is 12.0. The maximum atomic E-state index is 13.7. The van der Waals surface area contributed by atoms with Crippen molar-refractivity contribution in [2.45, 2.75) is 20.3 Å². The minimum Gasteiger partial charge on any atom is -0.490 e. The number of carbonyl (C=O) groups excluding carboxylic acids is 1. The number of hydrogen-bond donors (Lipinski definition) is 1. The summed E-state index contributed by atoms with van der Waals surface area (Å²) >= 11 is 3.24. The average Bonchev–Trinajstić information content (AvgIpc) is 2.59. The number of halogens is 2. The third-order valence-corrected chi connectivity index (χ3v) is 3.97. The van der Waals surface area contributed by atoms with Gasteiger partial charge in [0.1, 0.15) is 5.82 Å². The van der Waals surface area contributed by atoms with Crippen molar-refractivity contribution in [3.63, 3.8) is 0 Å². The Kier molecular flexibility index (Phi) is 7.25. The summed E-state index contributed by atoms with van der Waals surface area (Å²) in [6, 6.07) is 9.98. The van der Waals surface area contributed by atoms with Gasteiger partial charge in [-0.05, 0) is 56.2 Å². The fourth-order valence-electron chi connectivity index (χ4n) is 2.34. The van der Waals surface area contributed by atoms with Gasteiger partial charge >= 0.3 is 0 Å². The first-order valence-corrected chi connectivity index (χ1v) is 8.96.